The standard InChI is InChI=1S/C34H35NO5/c1-21(2)40-34(37)31-22(3)35-29-18-26(24-10-14-27(38-4)15-11-24)19-30(36)33(29)32(31)25-12-16-28(17-13-25)39-20-23-8-6-5-7-9-23/h5-17,21,26,31-32H,18-20H2,1-4H3. The van der Waals surface area contributed by atoms with Gasteiger partial charge in [0.25, 0.3) is 0 Å². The maximum Gasteiger partial charge on any atom is 0.315 e. The van der Waals surface area contributed by atoms with Gasteiger partial charge in [0.1, 0.15) is 24.0 Å². The van der Waals surface area contributed by atoms with Crippen molar-refractivity contribution < 1.29 is 23.8 Å². The Kier molecular flexibility index (Phi) is 8.15. The fourth-order valence-corrected chi connectivity index (χ4v) is 5.65. The highest BCUT2D eigenvalue weighted by molar-refractivity contribution is 6.09. The second kappa shape index (κ2) is 11.9. The number of carbonyl (C=O) groups is 2. The van der Waals surface area contributed by atoms with E-state index in [9.17, 15) is 9.59 Å². The number of rotatable bonds is 8. The first-order chi connectivity index (χ1) is 19.3. The number of methoxy groups -OCH3 is 1. The molecule has 206 valence electrons. The number of Topliss-reactive ketones (excluding diaryl/α,β-unsaturated/α-hetero) is 1. The van der Waals surface area contributed by atoms with E-state index in [0.29, 0.717) is 30.7 Å². The van der Waals surface area contributed by atoms with Gasteiger partial charge in [-0.1, -0.05) is 54.6 Å². The third-order valence-electron chi connectivity index (χ3n) is 7.57. The first-order valence-electron chi connectivity index (χ1n) is 13.8. The second-order valence-electron chi connectivity index (χ2n) is 10.7. The number of hydrogen-bond acceptors (Lipinski definition) is 6. The summed E-state index contributed by atoms with van der Waals surface area (Å²) >= 11 is 0. The van der Waals surface area contributed by atoms with Gasteiger partial charge < -0.3 is 14.2 Å². The summed E-state index contributed by atoms with van der Waals surface area (Å²) in [5.74, 6) is 0.0449. The van der Waals surface area contributed by atoms with Crippen LogP contribution in [0.1, 0.15) is 62.1 Å². The number of esters is 1. The number of allylic oxidation sites excluding steroid dienone is 2. The molecule has 6 nitrogen and oxygen atoms in total. The monoisotopic (exact) mass is 537 g/mol. The molecule has 40 heavy (non-hydrogen) atoms. The molecule has 3 aromatic rings. The first-order valence-corrected chi connectivity index (χ1v) is 13.8. The minimum absolute atomic E-state index is 0.0160. The predicted molar refractivity (Wildman–Crippen MR) is 155 cm³/mol. The van der Waals surface area contributed by atoms with Crippen LogP contribution in [-0.4, -0.2) is 30.7 Å². The quantitative estimate of drug-likeness (QED) is 0.296. The molecule has 0 saturated heterocycles. The van der Waals surface area contributed by atoms with Gasteiger partial charge in [-0.2, -0.15) is 0 Å². The minimum atomic E-state index is -0.668. The molecule has 2 aliphatic rings. The average molecular weight is 538 g/mol. The zero-order valence-electron chi connectivity index (χ0n) is 23.4. The summed E-state index contributed by atoms with van der Waals surface area (Å²) in [4.78, 5) is 32.1. The van der Waals surface area contributed by atoms with Crippen LogP contribution in [0.2, 0.25) is 0 Å². The van der Waals surface area contributed by atoms with Crippen molar-refractivity contribution >= 4 is 17.5 Å². The molecule has 0 fully saturated rings. The van der Waals surface area contributed by atoms with Gasteiger partial charge in [-0.25, -0.2) is 0 Å². The van der Waals surface area contributed by atoms with E-state index < -0.39 is 11.8 Å². The molecule has 6 heteroatoms. The zero-order chi connectivity index (χ0) is 28.2. The van der Waals surface area contributed by atoms with Crippen molar-refractivity contribution in [3.05, 3.63) is 107 Å². The normalized spacial score (nSPS) is 20.6. The highest BCUT2D eigenvalue weighted by Gasteiger charge is 2.45. The minimum Gasteiger partial charge on any atom is -0.497 e. The van der Waals surface area contributed by atoms with Crippen molar-refractivity contribution in [3.8, 4) is 11.5 Å². The van der Waals surface area contributed by atoms with Crippen molar-refractivity contribution in [3.63, 3.8) is 0 Å². The van der Waals surface area contributed by atoms with E-state index in [1.165, 1.54) is 0 Å². The van der Waals surface area contributed by atoms with Crippen LogP contribution in [0.25, 0.3) is 0 Å². The molecule has 0 bridgehead atoms. The molecule has 0 spiro atoms. The van der Waals surface area contributed by atoms with Gasteiger partial charge in [0.05, 0.1) is 13.2 Å². The molecule has 0 aromatic heterocycles. The van der Waals surface area contributed by atoms with Gasteiger partial charge >= 0.3 is 5.97 Å². The Bertz CT molecular complexity index is 1420. The molecule has 3 atom stereocenters. The molecule has 1 aliphatic heterocycles. The van der Waals surface area contributed by atoms with E-state index in [1.807, 2.05) is 99.6 Å². The number of ketones is 1. The van der Waals surface area contributed by atoms with Crippen molar-refractivity contribution in [2.75, 3.05) is 7.11 Å². The van der Waals surface area contributed by atoms with Crippen LogP contribution in [-0.2, 0) is 20.9 Å². The molecule has 3 aromatic carbocycles. The lowest BCUT2D eigenvalue weighted by atomic mass is 9.69. The highest BCUT2D eigenvalue weighted by atomic mass is 16.5. The van der Waals surface area contributed by atoms with Gasteiger partial charge in [-0.3, -0.25) is 14.6 Å². The molecule has 1 heterocycles. The summed E-state index contributed by atoms with van der Waals surface area (Å²) in [5.41, 5.74) is 5.08. The average Bonchev–Trinajstić information content (AvgIpc) is 2.95. The zero-order valence-corrected chi connectivity index (χ0v) is 23.4. The van der Waals surface area contributed by atoms with Gasteiger partial charge in [-0.05, 0) is 74.1 Å². The fourth-order valence-electron chi connectivity index (χ4n) is 5.65. The predicted octanol–water partition coefficient (Wildman–Crippen LogP) is 6.80. The number of carbonyl (C=O) groups excluding carboxylic acids is 2. The van der Waals surface area contributed by atoms with E-state index in [0.717, 1.165) is 33.9 Å². The lowest BCUT2D eigenvalue weighted by Crippen LogP contribution is -2.38. The van der Waals surface area contributed by atoms with E-state index in [2.05, 4.69) is 0 Å². The number of hydrogen-bond donors (Lipinski definition) is 0. The first kappa shape index (κ1) is 27.4. The summed E-state index contributed by atoms with van der Waals surface area (Å²) in [6.45, 7) is 5.98. The lowest BCUT2D eigenvalue weighted by Gasteiger charge is -2.36. The molecule has 0 N–H and O–H groups in total. The summed E-state index contributed by atoms with van der Waals surface area (Å²) < 4.78 is 16.9. The molecular formula is C34H35NO5. The van der Waals surface area contributed by atoms with E-state index in [4.69, 9.17) is 19.2 Å². The van der Waals surface area contributed by atoms with Gasteiger partial charge in [0.2, 0.25) is 0 Å². The van der Waals surface area contributed by atoms with Crippen molar-refractivity contribution in [1.29, 1.82) is 0 Å². The maximum atomic E-state index is 13.8. The van der Waals surface area contributed by atoms with Crippen LogP contribution in [0.4, 0.5) is 0 Å². The summed E-state index contributed by atoms with van der Waals surface area (Å²) in [5, 5.41) is 0. The van der Waals surface area contributed by atoms with Crippen LogP contribution in [0, 0.1) is 5.92 Å². The van der Waals surface area contributed by atoms with Crippen LogP contribution >= 0.6 is 0 Å². The van der Waals surface area contributed by atoms with Crippen LogP contribution in [0.3, 0.4) is 0 Å². The third-order valence-corrected chi connectivity index (χ3v) is 7.57. The van der Waals surface area contributed by atoms with Gasteiger partial charge in [-0.15, -0.1) is 0 Å². The maximum absolute atomic E-state index is 13.8. The molecule has 5 rings (SSSR count). The molecular weight excluding hydrogens is 502 g/mol. The van der Waals surface area contributed by atoms with E-state index in [-0.39, 0.29) is 23.8 Å². The Labute approximate surface area is 235 Å². The lowest BCUT2D eigenvalue weighted by molar-refractivity contribution is -0.150. The largest absolute Gasteiger partial charge is 0.497 e. The number of aliphatic imine (C=N–C) groups is 1. The summed E-state index contributed by atoms with van der Waals surface area (Å²) in [6.07, 6.45) is 0.720. The summed E-state index contributed by atoms with van der Waals surface area (Å²) in [7, 11) is 1.64. The smallest absolute Gasteiger partial charge is 0.315 e. The van der Waals surface area contributed by atoms with E-state index in [1.54, 1.807) is 7.11 Å². The van der Waals surface area contributed by atoms with Crippen LogP contribution < -0.4 is 9.47 Å². The third kappa shape index (κ3) is 5.86. The van der Waals surface area contributed by atoms with Crippen molar-refractivity contribution in [2.45, 2.75) is 58.2 Å². The number of nitrogens with zero attached hydrogens (tertiary/aromatic N) is 1. The summed E-state index contributed by atoms with van der Waals surface area (Å²) in [6, 6.07) is 25.5. The van der Waals surface area contributed by atoms with Gasteiger partial charge in [0.15, 0.2) is 5.78 Å². The van der Waals surface area contributed by atoms with Gasteiger partial charge in [0, 0.05) is 29.3 Å². The fraction of sp³-hybridized carbons (Fsp3) is 0.324. The van der Waals surface area contributed by atoms with Crippen molar-refractivity contribution in [2.24, 2.45) is 10.9 Å². The Hall–Kier alpha value is -4.19. The molecule has 3 unspecified atom stereocenters. The topological polar surface area (TPSA) is 74.2 Å². The Balaban J connectivity index is 1.47. The van der Waals surface area contributed by atoms with Crippen LogP contribution in [0.5, 0.6) is 11.5 Å². The Morgan fingerprint density at radius 3 is 2.20 bits per heavy atom. The van der Waals surface area contributed by atoms with E-state index >= 15 is 0 Å². The molecule has 0 saturated carbocycles. The van der Waals surface area contributed by atoms with Crippen molar-refractivity contribution in [1.82, 2.24) is 0 Å². The molecule has 0 amide bonds. The number of benzene rings is 3. The SMILES string of the molecule is COc1ccc(C2CC(=O)C3=C(C2)N=C(C)C(C(=O)OC(C)C)C3c2ccc(OCc3ccccc3)cc2)cc1. The second-order valence-corrected chi connectivity index (χ2v) is 10.7. The molecule has 0 radical (unpaired) electrons. The number of ether oxygens (including phenoxy) is 3. The molecule has 1 aliphatic carbocycles. The Morgan fingerprint density at radius 2 is 1.55 bits per heavy atom. The highest BCUT2D eigenvalue weighted by Crippen LogP contribution is 2.47. The Morgan fingerprint density at radius 1 is 0.900 bits per heavy atom. The van der Waals surface area contributed by atoms with Crippen LogP contribution in [0.15, 0.2) is 95.1 Å².